The minimum Gasteiger partial charge on any atom is -0.477 e. The number of halogens is 1. The standard InChI is InChI=1S/C9H9FN2O/c1-11-5-8-7(10)4-6-2-3-13-9(6)12-8/h4-5H,2-3H2,1H3/b11-5-. The normalized spacial score (nSPS) is 14.6. The van der Waals surface area contributed by atoms with E-state index in [0.29, 0.717) is 12.5 Å². The molecule has 0 saturated carbocycles. The predicted octanol–water partition coefficient (Wildman–Crippen LogP) is 1.20. The van der Waals surface area contributed by atoms with Crippen molar-refractivity contribution in [3.05, 3.63) is 23.1 Å². The number of pyridine rings is 1. The molecule has 0 aromatic carbocycles. The first-order chi connectivity index (χ1) is 6.31. The number of ether oxygens (including phenoxy) is 1. The molecule has 1 aliphatic heterocycles. The highest BCUT2D eigenvalue weighted by molar-refractivity contribution is 5.77. The molecule has 0 spiro atoms. The van der Waals surface area contributed by atoms with Crippen LogP contribution in [-0.2, 0) is 6.42 Å². The lowest BCUT2D eigenvalue weighted by atomic mass is 10.2. The fourth-order valence-electron chi connectivity index (χ4n) is 1.30. The van der Waals surface area contributed by atoms with Crippen molar-refractivity contribution in [1.82, 2.24) is 4.98 Å². The van der Waals surface area contributed by atoms with Crippen molar-refractivity contribution in [2.75, 3.05) is 13.7 Å². The Bertz CT molecular complexity index is 363. The first-order valence-corrected chi connectivity index (χ1v) is 4.05. The van der Waals surface area contributed by atoms with Crippen LogP contribution >= 0.6 is 0 Å². The average Bonchev–Trinajstić information content (AvgIpc) is 2.52. The molecule has 0 amide bonds. The summed E-state index contributed by atoms with van der Waals surface area (Å²) in [5, 5.41) is 0. The smallest absolute Gasteiger partial charge is 0.217 e. The lowest BCUT2D eigenvalue weighted by molar-refractivity contribution is 0.344. The zero-order valence-electron chi connectivity index (χ0n) is 7.25. The summed E-state index contributed by atoms with van der Waals surface area (Å²) < 4.78 is 18.4. The Balaban J connectivity index is 2.49. The third-order valence-corrected chi connectivity index (χ3v) is 1.90. The number of nitrogens with zero attached hydrogens (tertiary/aromatic N) is 2. The van der Waals surface area contributed by atoms with Crippen LogP contribution < -0.4 is 4.74 Å². The Kier molecular flexibility index (Phi) is 1.96. The molecule has 0 aliphatic carbocycles. The Morgan fingerprint density at radius 3 is 3.31 bits per heavy atom. The Morgan fingerprint density at radius 2 is 2.54 bits per heavy atom. The van der Waals surface area contributed by atoms with E-state index < -0.39 is 0 Å². The van der Waals surface area contributed by atoms with E-state index in [-0.39, 0.29) is 11.5 Å². The van der Waals surface area contributed by atoms with E-state index in [1.54, 1.807) is 7.05 Å². The Labute approximate surface area is 75.3 Å². The molecule has 1 aliphatic rings. The van der Waals surface area contributed by atoms with Gasteiger partial charge in [0.1, 0.15) is 5.69 Å². The maximum absolute atomic E-state index is 13.2. The minimum atomic E-state index is -0.338. The van der Waals surface area contributed by atoms with Gasteiger partial charge in [-0.2, -0.15) is 0 Å². The van der Waals surface area contributed by atoms with E-state index >= 15 is 0 Å². The van der Waals surface area contributed by atoms with Gasteiger partial charge in [0.2, 0.25) is 5.88 Å². The molecule has 68 valence electrons. The molecule has 2 heterocycles. The van der Waals surface area contributed by atoms with Crippen molar-refractivity contribution in [3.8, 4) is 5.88 Å². The third kappa shape index (κ3) is 1.39. The molecule has 1 aromatic heterocycles. The van der Waals surface area contributed by atoms with Crippen LogP contribution in [0.3, 0.4) is 0 Å². The number of aliphatic imine (C=N–C) groups is 1. The highest BCUT2D eigenvalue weighted by atomic mass is 19.1. The van der Waals surface area contributed by atoms with Gasteiger partial charge in [-0.05, 0) is 6.07 Å². The SMILES string of the molecule is C/N=C\c1nc2c(cc1F)CCO2. The molecule has 1 aromatic rings. The van der Waals surface area contributed by atoms with Crippen LogP contribution in [0.25, 0.3) is 0 Å². The summed E-state index contributed by atoms with van der Waals surface area (Å²) >= 11 is 0. The molecular formula is C9H9FN2O. The molecule has 13 heavy (non-hydrogen) atoms. The second kappa shape index (κ2) is 3.12. The zero-order valence-corrected chi connectivity index (χ0v) is 7.25. The average molecular weight is 180 g/mol. The van der Waals surface area contributed by atoms with Crippen LogP contribution in [0.2, 0.25) is 0 Å². The monoisotopic (exact) mass is 180 g/mol. The van der Waals surface area contributed by atoms with Crippen LogP contribution in [-0.4, -0.2) is 24.9 Å². The molecule has 4 heteroatoms. The number of fused-ring (bicyclic) bond motifs is 1. The number of aromatic nitrogens is 1. The van der Waals surface area contributed by atoms with Gasteiger partial charge in [0.15, 0.2) is 5.82 Å². The van der Waals surface area contributed by atoms with Gasteiger partial charge in [-0.1, -0.05) is 0 Å². The maximum atomic E-state index is 13.2. The summed E-state index contributed by atoms with van der Waals surface area (Å²) in [6.07, 6.45) is 2.13. The molecule has 0 radical (unpaired) electrons. The topological polar surface area (TPSA) is 34.5 Å². The van der Waals surface area contributed by atoms with Crippen molar-refractivity contribution >= 4 is 6.21 Å². The van der Waals surface area contributed by atoms with Gasteiger partial charge in [-0.15, -0.1) is 0 Å². The summed E-state index contributed by atoms with van der Waals surface area (Å²) in [5.74, 6) is 0.200. The first-order valence-electron chi connectivity index (χ1n) is 4.05. The first kappa shape index (κ1) is 8.16. The largest absolute Gasteiger partial charge is 0.477 e. The van der Waals surface area contributed by atoms with Gasteiger partial charge in [-0.3, -0.25) is 4.99 Å². The van der Waals surface area contributed by atoms with Crippen LogP contribution in [0, 0.1) is 5.82 Å². The summed E-state index contributed by atoms with van der Waals surface area (Å²) in [7, 11) is 1.58. The zero-order chi connectivity index (χ0) is 9.26. The van der Waals surface area contributed by atoms with Crippen LogP contribution in [0.5, 0.6) is 5.88 Å². The molecule has 0 saturated heterocycles. The van der Waals surface area contributed by atoms with Crippen LogP contribution in [0.15, 0.2) is 11.1 Å². The van der Waals surface area contributed by atoms with E-state index in [4.69, 9.17) is 4.74 Å². The summed E-state index contributed by atoms with van der Waals surface area (Å²) in [5.41, 5.74) is 1.08. The molecular weight excluding hydrogens is 171 g/mol. The van der Waals surface area contributed by atoms with Gasteiger partial charge < -0.3 is 4.74 Å². The van der Waals surface area contributed by atoms with E-state index in [1.807, 2.05) is 0 Å². The van der Waals surface area contributed by atoms with E-state index in [2.05, 4.69) is 9.98 Å². The van der Waals surface area contributed by atoms with Gasteiger partial charge in [0.25, 0.3) is 0 Å². The highest BCUT2D eigenvalue weighted by Crippen LogP contribution is 2.23. The van der Waals surface area contributed by atoms with E-state index in [1.165, 1.54) is 12.3 Å². The molecule has 3 nitrogen and oxygen atoms in total. The van der Waals surface area contributed by atoms with E-state index in [9.17, 15) is 4.39 Å². The maximum Gasteiger partial charge on any atom is 0.217 e. The molecule has 0 bridgehead atoms. The second-order valence-corrected chi connectivity index (χ2v) is 2.81. The highest BCUT2D eigenvalue weighted by Gasteiger charge is 2.16. The third-order valence-electron chi connectivity index (χ3n) is 1.90. The minimum absolute atomic E-state index is 0.239. The molecule has 0 unspecified atom stereocenters. The fourth-order valence-corrected chi connectivity index (χ4v) is 1.30. The van der Waals surface area contributed by atoms with Gasteiger partial charge in [0, 0.05) is 25.2 Å². The van der Waals surface area contributed by atoms with Gasteiger partial charge in [-0.25, -0.2) is 9.37 Å². The lowest BCUT2D eigenvalue weighted by Gasteiger charge is -2.00. The van der Waals surface area contributed by atoms with Crippen molar-refractivity contribution in [2.24, 2.45) is 4.99 Å². The predicted molar refractivity (Wildman–Crippen MR) is 46.9 cm³/mol. The van der Waals surface area contributed by atoms with Crippen LogP contribution in [0.1, 0.15) is 11.3 Å². The number of hydrogen-bond acceptors (Lipinski definition) is 3. The fraction of sp³-hybridized carbons (Fsp3) is 0.333. The number of hydrogen-bond donors (Lipinski definition) is 0. The molecule has 0 atom stereocenters. The second-order valence-electron chi connectivity index (χ2n) is 2.81. The van der Waals surface area contributed by atoms with Gasteiger partial charge in [0.05, 0.1) is 6.61 Å². The van der Waals surface area contributed by atoms with Crippen molar-refractivity contribution < 1.29 is 9.13 Å². The van der Waals surface area contributed by atoms with Crippen molar-refractivity contribution in [1.29, 1.82) is 0 Å². The Hall–Kier alpha value is -1.45. The quantitative estimate of drug-likeness (QED) is 0.609. The molecule has 2 rings (SSSR count). The Morgan fingerprint density at radius 1 is 1.69 bits per heavy atom. The molecule has 0 N–H and O–H groups in total. The van der Waals surface area contributed by atoms with Crippen molar-refractivity contribution in [3.63, 3.8) is 0 Å². The number of rotatable bonds is 1. The van der Waals surface area contributed by atoms with Crippen molar-refractivity contribution in [2.45, 2.75) is 6.42 Å². The van der Waals surface area contributed by atoms with E-state index in [0.717, 1.165) is 12.0 Å². The lowest BCUT2D eigenvalue weighted by Crippen LogP contribution is -1.96. The summed E-state index contributed by atoms with van der Waals surface area (Å²) in [4.78, 5) is 7.71. The molecule has 0 fully saturated rings. The summed E-state index contributed by atoms with van der Waals surface area (Å²) in [6.45, 7) is 0.592. The van der Waals surface area contributed by atoms with Crippen LogP contribution in [0.4, 0.5) is 4.39 Å². The van der Waals surface area contributed by atoms with Gasteiger partial charge >= 0.3 is 0 Å². The summed E-state index contributed by atoms with van der Waals surface area (Å²) in [6, 6.07) is 1.46.